The van der Waals surface area contributed by atoms with E-state index in [1.165, 1.54) is 0 Å². The normalized spacial score (nSPS) is 16.9. The number of ether oxygens (including phenoxy) is 1. The van der Waals surface area contributed by atoms with Gasteiger partial charge in [-0.15, -0.1) is 0 Å². The number of likely N-dealkylation sites (N-methyl/N-ethyl adjacent to an activating group) is 1. The molecule has 2 amide bonds. The molecule has 1 unspecified atom stereocenters. The van der Waals surface area contributed by atoms with Crippen molar-refractivity contribution < 1.29 is 14.3 Å². The van der Waals surface area contributed by atoms with E-state index < -0.39 is 0 Å². The number of aryl methyl sites for hydroxylation is 1. The summed E-state index contributed by atoms with van der Waals surface area (Å²) in [4.78, 5) is 43.3. The summed E-state index contributed by atoms with van der Waals surface area (Å²) in [6, 6.07) is 11.5. The van der Waals surface area contributed by atoms with Crippen LogP contribution in [-0.4, -0.2) is 86.0 Å². The van der Waals surface area contributed by atoms with Crippen LogP contribution in [0.3, 0.4) is 0 Å². The molecule has 2 aliphatic rings. The third-order valence-corrected chi connectivity index (χ3v) is 7.43. The van der Waals surface area contributed by atoms with Crippen molar-refractivity contribution in [2.75, 3.05) is 63.5 Å². The number of carbonyl (C=O) groups excluding carboxylic acids is 2. The molecule has 198 valence electrons. The van der Waals surface area contributed by atoms with Crippen LogP contribution in [0.5, 0.6) is 5.75 Å². The molecule has 1 atom stereocenters. The highest BCUT2D eigenvalue weighted by atomic mass is 16.5. The summed E-state index contributed by atoms with van der Waals surface area (Å²) in [5, 5.41) is 3.23. The quantitative estimate of drug-likeness (QED) is 0.550. The Morgan fingerprint density at radius 1 is 1.13 bits per heavy atom. The van der Waals surface area contributed by atoms with Gasteiger partial charge >= 0.3 is 0 Å². The molecule has 10 nitrogen and oxygen atoms in total. The average Bonchev–Trinajstić information content (AvgIpc) is 3.40. The molecule has 3 heterocycles. The lowest BCUT2D eigenvalue weighted by Gasteiger charge is -2.22. The maximum Gasteiger partial charge on any atom is 0.260 e. The van der Waals surface area contributed by atoms with Gasteiger partial charge in [0.2, 0.25) is 5.95 Å². The van der Waals surface area contributed by atoms with E-state index in [-0.39, 0.29) is 11.8 Å². The van der Waals surface area contributed by atoms with Gasteiger partial charge in [-0.25, -0.2) is 4.98 Å². The molecule has 0 radical (unpaired) electrons. The van der Waals surface area contributed by atoms with Crippen LogP contribution in [-0.2, 0) is 0 Å². The number of rotatable bonds is 5. The summed E-state index contributed by atoms with van der Waals surface area (Å²) in [5.41, 5.74) is 4.05. The first-order valence-electron chi connectivity index (χ1n) is 12.6. The summed E-state index contributed by atoms with van der Waals surface area (Å²) in [5.74, 6) is 1.34. The summed E-state index contributed by atoms with van der Waals surface area (Å²) in [7, 11) is 9.27. The number of hydrogen-bond acceptors (Lipinski definition) is 8. The maximum atomic E-state index is 13.3. The highest BCUT2D eigenvalue weighted by Gasteiger charge is 2.31. The van der Waals surface area contributed by atoms with Crippen LogP contribution in [0.1, 0.15) is 32.7 Å². The number of hydrogen-bond donors (Lipinski definition) is 1. The maximum absolute atomic E-state index is 13.3. The molecule has 0 spiro atoms. The molecular weight excluding hydrogens is 482 g/mol. The van der Waals surface area contributed by atoms with E-state index in [9.17, 15) is 9.59 Å². The molecule has 38 heavy (non-hydrogen) atoms. The number of likely N-dealkylation sites (tertiary alicyclic amines) is 1. The fourth-order valence-electron chi connectivity index (χ4n) is 5.10. The number of fused-ring (bicyclic) bond motifs is 2. The lowest BCUT2D eigenvalue weighted by molar-refractivity contribution is 0.0783. The Bertz CT molecular complexity index is 1410. The van der Waals surface area contributed by atoms with Crippen molar-refractivity contribution in [1.82, 2.24) is 19.8 Å². The molecule has 0 bridgehead atoms. The van der Waals surface area contributed by atoms with E-state index in [0.717, 1.165) is 24.2 Å². The number of amides is 2. The van der Waals surface area contributed by atoms with E-state index in [2.05, 4.69) is 15.2 Å². The molecule has 0 aliphatic carbocycles. The first-order valence-corrected chi connectivity index (χ1v) is 12.6. The van der Waals surface area contributed by atoms with Crippen molar-refractivity contribution in [3.8, 4) is 5.75 Å². The lowest BCUT2D eigenvalue weighted by atomic mass is 10.1. The van der Waals surface area contributed by atoms with Gasteiger partial charge < -0.3 is 29.7 Å². The second-order valence-electron chi connectivity index (χ2n) is 9.99. The van der Waals surface area contributed by atoms with Crippen LogP contribution in [0, 0.1) is 6.92 Å². The summed E-state index contributed by atoms with van der Waals surface area (Å²) in [6.07, 6.45) is 2.59. The monoisotopic (exact) mass is 515 g/mol. The molecule has 1 N–H and O–H groups in total. The molecular formula is C28H33N7O3. The van der Waals surface area contributed by atoms with Crippen LogP contribution in [0.15, 0.2) is 42.6 Å². The Labute approximate surface area is 222 Å². The zero-order chi connectivity index (χ0) is 27.1. The van der Waals surface area contributed by atoms with Crippen LogP contribution in [0.4, 0.5) is 28.8 Å². The summed E-state index contributed by atoms with van der Waals surface area (Å²) < 4.78 is 5.56. The summed E-state index contributed by atoms with van der Waals surface area (Å²) in [6.45, 7) is 3.36. The van der Waals surface area contributed by atoms with Crippen molar-refractivity contribution >= 4 is 40.6 Å². The zero-order valence-corrected chi connectivity index (χ0v) is 22.6. The van der Waals surface area contributed by atoms with Gasteiger partial charge in [0.15, 0.2) is 5.82 Å². The van der Waals surface area contributed by atoms with Gasteiger partial charge in [0.05, 0.1) is 30.2 Å². The minimum atomic E-state index is -0.112. The highest BCUT2D eigenvalue weighted by molar-refractivity contribution is 6.14. The molecule has 1 saturated heterocycles. The van der Waals surface area contributed by atoms with E-state index >= 15 is 0 Å². The zero-order valence-electron chi connectivity index (χ0n) is 22.6. The lowest BCUT2D eigenvalue weighted by Crippen LogP contribution is -2.34. The molecule has 2 aliphatic heterocycles. The van der Waals surface area contributed by atoms with E-state index in [1.54, 1.807) is 43.5 Å². The van der Waals surface area contributed by atoms with Crippen LogP contribution in [0.2, 0.25) is 0 Å². The molecule has 5 rings (SSSR count). The Kier molecular flexibility index (Phi) is 6.66. The van der Waals surface area contributed by atoms with Gasteiger partial charge in [-0.05, 0) is 57.3 Å². The number of methoxy groups -OCH3 is 1. The van der Waals surface area contributed by atoms with Gasteiger partial charge in [0.1, 0.15) is 11.4 Å². The highest BCUT2D eigenvalue weighted by Crippen LogP contribution is 2.39. The van der Waals surface area contributed by atoms with Crippen molar-refractivity contribution in [3.05, 3.63) is 59.3 Å². The fraction of sp³-hybridized carbons (Fsp3) is 0.357. The van der Waals surface area contributed by atoms with Gasteiger partial charge in [0.25, 0.3) is 11.8 Å². The molecule has 2 aromatic carbocycles. The number of nitrogens with zero attached hydrogens (tertiary/aromatic N) is 6. The fourth-order valence-corrected chi connectivity index (χ4v) is 5.10. The van der Waals surface area contributed by atoms with Gasteiger partial charge in [-0.2, -0.15) is 4.98 Å². The first-order chi connectivity index (χ1) is 18.2. The topological polar surface area (TPSA) is 94.1 Å². The summed E-state index contributed by atoms with van der Waals surface area (Å²) >= 11 is 0. The average molecular weight is 516 g/mol. The standard InChI is InChI=1S/C28H33N7O3/c1-17-8-7-9-21-24(17)27(37)34(5)22-15-29-28(31-25(22)33(21)4)30-20-14-18(10-11-23(20)38-6)26(36)35-13-12-19(16-35)32(2)3/h7-11,14-15,19H,12-13,16H2,1-6H3,(H,29,30,31). The predicted molar refractivity (Wildman–Crippen MR) is 148 cm³/mol. The first kappa shape index (κ1) is 25.5. The number of anilines is 5. The second kappa shape index (κ2) is 9.94. The van der Waals surface area contributed by atoms with Crippen molar-refractivity contribution in [2.45, 2.75) is 19.4 Å². The number of nitrogens with one attached hydrogen (secondary N) is 1. The molecule has 0 saturated carbocycles. The smallest absolute Gasteiger partial charge is 0.260 e. The van der Waals surface area contributed by atoms with Crippen LogP contribution in [0.25, 0.3) is 0 Å². The number of carbonyl (C=O) groups is 2. The van der Waals surface area contributed by atoms with Crippen LogP contribution >= 0.6 is 0 Å². The third-order valence-electron chi connectivity index (χ3n) is 7.43. The van der Waals surface area contributed by atoms with E-state index in [4.69, 9.17) is 9.72 Å². The van der Waals surface area contributed by atoms with Gasteiger partial charge in [-0.3, -0.25) is 9.59 Å². The van der Waals surface area contributed by atoms with Crippen molar-refractivity contribution in [2.24, 2.45) is 0 Å². The van der Waals surface area contributed by atoms with Crippen molar-refractivity contribution in [3.63, 3.8) is 0 Å². The Balaban J connectivity index is 1.47. The Morgan fingerprint density at radius 2 is 1.92 bits per heavy atom. The number of aromatic nitrogens is 2. The van der Waals surface area contributed by atoms with E-state index in [0.29, 0.717) is 52.6 Å². The largest absolute Gasteiger partial charge is 0.495 e. The van der Waals surface area contributed by atoms with E-state index in [1.807, 2.05) is 56.1 Å². The minimum absolute atomic E-state index is 0.0188. The van der Waals surface area contributed by atoms with Gasteiger partial charge in [0, 0.05) is 38.8 Å². The molecule has 1 fully saturated rings. The van der Waals surface area contributed by atoms with Crippen molar-refractivity contribution in [1.29, 1.82) is 0 Å². The minimum Gasteiger partial charge on any atom is -0.495 e. The molecule has 3 aromatic rings. The van der Waals surface area contributed by atoms with Crippen LogP contribution < -0.4 is 19.9 Å². The Morgan fingerprint density at radius 3 is 2.63 bits per heavy atom. The molecule has 1 aromatic heterocycles. The predicted octanol–water partition coefficient (Wildman–Crippen LogP) is 3.67. The third kappa shape index (κ3) is 4.41. The Hall–Kier alpha value is -4.18. The molecule has 10 heteroatoms. The second-order valence-corrected chi connectivity index (χ2v) is 9.99. The van der Waals surface area contributed by atoms with Gasteiger partial charge in [-0.1, -0.05) is 12.1 Å². The SMILES string of the molecule is COc1ccc(C(=O)N2CCC(N(C)C)C2)cc1Nc1ncc2c(n1)N(C)c1cccc(C)c1C(=O)N2C. The number of benzene rings is 2.